The van der Waals surface area contributed by atoms with Gasteiger partial charge in [0.05, 0.1) is 5.56 Å². The van der Waals surface area contributed by atoms with Crippen molar-refractivity contribution in [1.29, 1.82) is 0 Å². The Morgan fingerprint density at radius 2 is 1.78 bits per heavy atom. The first-order chi connectivity index (χ1) is 13.0. The smallest absolute Gasteiger partial charge is 0.339 e. The summed E-state index contributed by atoms with van der Waals surface area (Å²) in [7, 11) is 0. The van der Waals surface area contributed by atoms with Gasteiger partial charge in [0.1, 0.15) is 0 Å². The van der Waals surface area contributed by atoms with Crippen molar-refractivity contribution < 1.29 is 14.3 Å². The van der Waals surface area contributed by atoms with Crippen molar-refractivity contribution in [2.24, 2.45) is 0 Å². The number of benzene rings is 2. The van der Waals surface area contributed by atoms with Crippen LogP contribution in [0.3, 0.4) is 0 Å². The molecule has 27 heavy (non-hydrogen) atoms. The molecule has 138 valence electrons. The van der Waals surface area contributed by atoms with E-state index < -0.39 is 18.1 Å². The SMILES string of the molecule is C[C@H](CNC(=O)COC(=O)c1cc(=O)[nH]c2ccccc12)c1ccccc1. The number of para-hydroxylation sites is 1. The fourth-order valence-corrected chi connectivity index (χ4v) is 2.80. The molecule has 1 atom stereocenters. The Bertz CT molecular complexity index is 1010. The third-order valence-electron chi connectivity index (χ3n) is 4.28. The summed E-state index contributed by atoms with van der Waals surface area (Å²) in [6, 6.07) is 17.9. The second-order valence-corrected chi connectivity index (χ2v) is 6.28. The fraction of sp³-hybridized carbons (Fsp3) is 0.190. The summed E-state index contributed by atoms with van der Waals surface area (Å²) in [5.41, 5.74) is 1.39. The van der Waals surface area contributed by atoms with Crippen LogP contribution >= 0.6 is 0 Å². The van der Waals surface area contributed by atoms with Crippen molar-refractivity contribution in [3.8, 4) is 0 Å². The maximum absolute atomic E-state index is 12.3. The zero-order chi connectivity index (χ0) is 19.2. The summed E-state index contributed by atoms with van der Waals surface area (Å²) in [5, 5.41) is 3.32. The van der Waals surface area contributed by atoms with Gasteiger partial charge in [0.25, 0.3) is 5.91 Å². The molecule has 3 aromatic rings. The van der Waals surface area contributed by atoms with Crippen molar-refractivity contribution in [2.75, 3.05) is 13.2 Å². The van der Waals surface area contributed by atoms with Gasteiger partial charge in [-0.1, -0.05) is 55.5 Å². The lowest BCUT2D eigenvalue weighted by Crippen LogP contribution is -2.31. The van der Waals surface area contributed by atoms with Crippen LogP contribution in [0.25, 0.3) is 10.9 Å². The highest BCUT2D eigenvalue weighted by Crippen LogP contribution is 2.15. The number of pyridine rings is 1. The van der Waals surface area contributed by atoms with Crippen molar-refractivity contribution in [3.05, 3.63) is 82.1 Å². The van der Waals surface area contributed by atoms with E-state index in [2.05, 4.69) is 10.3 Å². The molecule has 0 bridgehead atoms. The minimum atomic E-state index is -0.705. The summed E-state index contributed by atoms with van der Waals surface area (Å²) in [6.07, 6.45) is 0. The number of carbonyl (C=O) groups excluding carboxylic acids is 2. The number of H-pyrrole nitrogens is 1. The van der Waals surface area contributed by atoms with Gasteiger partial charge in [-0.2, -0.15) is 0 Å². The Morgan fingerprint density at radius 1 is 1.07 bits per heavy atom. The molecule has 6 nitrogen and oxygen atoms in total. The average Bonchev–Trinajstić information content (AvgIpc) is 2.70. The van der Waals surface area contributed by atoms with E-state index in [9.17, 15) is 14.4 Å². The molecule has 6 heteroatoms. The number of esters is 1. The van der Waals surface area contributed by atoms with E-state index in [0.717, 1.165) is 5.56 Å². The molecule has 3 rings (SSSR count). The van der Waals surface area contributed by atoms with Crippen molar-refractivity contribution in [1.82, 2.24) is 10.3 Å². The lowest BCUT2D eigenvalue weighted by Gasteiger charge is -2.13. The van der Waals surface area contributed by atoms with Gasteiger partial charge in [-0.3, -0.25) is 9.59 Å². The third-order valence-corrected chi connectivity index (χ3v) is 4.28. The monoisotopic (exact) mass is 364 g/mol. The van der Waals surface area contributed by atoms with Gasteiger partial charge in [-0.15, -0.1) is 0 Å². The van der Waals surface area contributed by atoms with Gasteiger partial charge in [0, 0.05) is 23.5 Å². The number of aromatic amines is 1. The summed E-state index contributed by atoms with van der Waals surface area (Å²) < 4.78 is 5.09. The fourth-order valence-electron chi connectivity index (χ4n) is 2.80. The normalized spacial score (nSPS) is 11.7. The molecular weight excluding hydrogens is 344 g/mol. The number of rotatable bonds is 6. The van der Waals surface area contributed by atoms with Crippen LogP contribution in [-0.2, 0) is 9.53 Å². The van der Waals surface area contributed by atoms with E-state index in [1.54, 1.807) is 24.3 Å². The standard InChI is InChI=1S/C21H20N2O4/c1-14(15-7-3-2-4-8-15)12-22-20(25)13-27-21(26)17-11-19(24)23-18-10-6-5-9-16(17)18/h2-11,14H,12-13H2,1H3,(H,22,25)(H,23,24)/t14-/m1/s1. The average molecular weight is 364 g/mol. The number of fused-ring (bicyclic) bond motifs is 1. The number of amides is 1. The number of ether oxygens (including phenoxy) is 1. The van der Waals surface area contributed by atoms with Crippen LogP contribution in [0.5, 0.6) is 0 Å². The Morgan fingerprint density at radius 3 is 2.56 bits per heavy atom. The van der Waals surface area contributed by atoms with Crippen molar-refractivity contribution in [2.45, 2.75) is 12.8 Å². The predicted octanol–water partition coefficient (Wildman–Crippen LogP) is 2.60. The van der Waals surface area contributed by atoms with Gasteiger partial charge in [0.2, 0.25) is 5.56 Å². The summed E-state index contributed by atoms with van der Waals surface area (Å²) in [5.74, 6) is -0.952. The first-order valence-electron chi connectivity index (χ1n) is 8.65. The molecule has 0 saturated carbocycles. The van der Waals surface area contributed by atoms with Crippen LogP contribution < -0.4 is 10.9 Å². The molecule has 0 radical (unpaired) electrons. The third kappa shape index (κ3) is 4.61. The zero-order valence-corrected chi connectivity index (χ0v) is 14.9. The van der Waals surface area contributed by atoms with Gasteiger partial charge in [-0.25, -0.2) is 4.79 Å². The van der Waals surface area contributed by atoms with E-state index in [4.69, 9.17) is 4.74 Å². The summed E-state index contributed by atoms with van der Waals surface area (Å²) in [4.78, 5) is 38.7. The molecule has 0 aliphatic rings. The Hall–Kier alpha value is -3.41. The minimum absolute atomic E-state index is 0.139. The van der Waals surface area contributed by atoms with Crippen LogP contribution in [0.4, 0.5) is 0 Å². The molecule has 0 saturated heterocycles. The predicted molar refractivity (Wildman–Crippen MR) is 103 cm³/mol. The molecule has 2 N–H and O–H groups in total. The lowest BCUT2D eigenvalue weighted by molar-refractivity contribution is -0.124. The van der Waals surface area contributed by atoms with Crippen molar-refractivity contribution >= 4 is 22.8 Å². The van der Waals surface area contributed by atoms with E-state index in [1.807, 2.05) is 37.3 Å². The van der Waals surface area contributed by atoms with Gasteiger partial charge >= 0.3 is 5.97 Å². The Labute approximate surface area is 156 Å². The van der Waals surface area contributed by atoms with Crippen LogP contribution in [0.15, 0.2) is 65.5 Å². The van der Waals surface area contributed by atoms with Crippen LogP contribution in [0.2, 0.25) is 0 Å². The minimum Gasteiger partial charge on any atom is -0.452 e. The van der Waals surface area contributed by atoms with Crippen LogP contribution in [-0.4, -0.2) is 30.0 Å². The molecule has 1 heterocycles. The largest absolute Gasteiger partial charge is 0.452 e. The summed E-state index contributed by atoms with van der Waals surface area (Å²) in [6.45, 7) is 2.04. The van der Waals surface area contributed by atoms with E-state index in [0.29, 0.717) is 17.4 Å². The second kappa shape index (κ2) is 8.31. The molecule has 2 aromatic carbocycles. The van der Waals surface area contributed by atoms with E-state index >= 15 is 0 Å². The maximum Gasteiger partial charge on any atom is 0.339 e. The number of aromatic nitrogens is 1. The highest BCUT2D eigenvalue weighted by molar-refractivity contribution is 6.03. The Kier molecular flexibility index (Phi) is 5.66. The number of nitrogens with one attached hydrogen (secondary N) is 2. The maximum atomic E-state index is 12.3. The highest BCUT2D eigenvalue weighted by atomic mass is 16.5. The first-order valence-corrected chi connectivity index (χ1v) is 8.65. The van der Waals surface area contributed by atoms with Crippen molar-refractivity contribution in [3.63, 3.8) is 0 Å². The number of carbonyl (C=O) groups is 2. The van der Waals surface area contributed by atoms with Crippen LogP contribution in [0, 0.1) is 0 Å². The second-order valence-electron chi connectivity index (χ2n) is 6.28. The Balaban J connectivity index is 1.58. The lowest BCUT2D eigenvalue weighted by atomic mass is 10.0. The zero-order valence-electron chi connectivity index (χ0n) is 14.9. The number of hydrogen-bond donors (Lipinski definition) is 2. The molecule has 0 spiro atoms. The molecule has 0 aliphatic carbocycles. The summed E-state index contributed by atoms with van der Waals surface area (Å²) >= 11 is 0. The van der Waals surface area contributed by atoms with E-state index in [-0.39, 0.29) is 17.4 Å². The molecule has 0 aliphatic heterocycles. The highest BCUT2D eigenvalue weighted by Gasteiger charge is 2.15. The van der Waals surface area contributed by atoms with E-state index in [1.165, 1.54) is 6.07 Å². The van der Waals surface area contributed by atoms with Gasteiger partial charge in [-0.05, 0) is 17.5 Å². The quantitative estimate of drug-likeness (QED) is 0.658. The van der Waals surface area contributed by atoms with Gasteiger partial charge < -0.3 is 15.0 Å². The molecule has 1 aromatic heterocycles. The topological polar surface area (TPSA) is 88.3 Å². The molecule has 1 amide bonds. The van der Waals surface area contributed by atoms with Gasteiger partial charge in [0.15, 0.2) is 6.61 Å². The first kappa shape index (κ1) is 18.4. The van der Waals surface area contributed by atoms with Crippen LogP contribution in [0.1, 0.15) is 28.8 Å². The molecule has 0 unspecified atom stereocenters. The number of hydrogen-bond acceptors (Lipinski definition) is 4. The molecular formula is C21H20N2O4. The molecule has 0 fully saturated rings.